The fourth-order valence-electron chi connectivity index (χ4n) is 2.49. The SMILES string of the molecule is COc1ccc(Cn2nc(I)c3c(NC(C)C)nccc32)cc1. The van der Waals surface area contributed by atoms with Gasteiger partial charge in [0.2, 0.25) is 0 Å². The molecular formula is C17H19IN4O. The lowest BCUT2D eigenvalue weighted by molar-refractivity contribution is 0.414. The average Bonchev–Trinajstić information content (AvgIpc) is 2.85. The molecule has 23 heavy (non-hydrogen) atoms. The third-order valence-electron chi connectivity index (χ3n) is 3.54. The Morgan fingerprint density at radius 2 is 1.96 bits per heavy atom. The van der Waals surface area contributed by atoms with E-state index in [0.717, 1.165) is 26.2 Å². The molecule has 0 atom stereocenters. The van der Waals surface area contributed by atoms with Crippen molar-refractivity contribution in [1.29, 1.82) is 0 Å². The van der Waals surface area contributed by atoms with Crippen LogP contribution in [0.2, 0.25) is 0 Å². The largest absolute Gasteiger partial charge is 0.497 e. The molecule has 1 N–H and O–H groups in total. The molecule has 2 aromatic heterocycles. The number of ether oxygens (including phenoxy) is 1. The predicted octanol–water partition coefficient (Wildman–Crippen LogP) is 3.91. The van der Waals surface area contributed by atoms with Gasteiger partial charge in [0.1, 0.15) is 15.3 Å². The van der Waals surface area contributed by atoms with E-state index in [1.807, 2.05) is 29.1 Å². The van der Waals surface area contributed by atoms with Gasteiger partial charge in [0.15, 0.2) is 0 Å². The highest BCUT2D eigenvalue weighted by Gasteiger charge is 2.14. The highest BCUT2D eigenvalue weighted by Crippen LogP contribution is 2.27. The summed E-state index contributed by atoms with van der Waals surface area (Å²) < 4.78 is 8.19. The van der Waals surface area contributed by atoms with Gasteiger partial charge in [-0.2, -0.15) is 5.10 Å². The van der Waals surface area contributed by atoms with Crippen LogP contribution in [0.15, 0.2) is 36.5 Å². The van der Waals surface area contributed by atoms with Gasteiger partial charge in [-0.25, -0.2) is 4.98 Å². The summed E-state index contributed by atoms with van der Waals surface area (Å²) in [7, 11) is 1.68. The van der Waals surface area contributed by atoms with Crippen LogP contribution >= 0.6 is 22.6 Å². The Morgan fingerprint density at radius 3 is 2.61 bits per heavy atom. The van der Waals surface area contributed by atoms with E-state index in [9.17, 15) is 0 Å². The normalized spacial score (nSPS) is 11.2. The van der Waals surface area contributed by atoms with Crippen molar-refractivity contribution in [3.8, 4) is 5.75 Å². The van der Waals surface area contributed by atoms with E-state index in [0.29, 0.717) is 12.6 Å². The molecule has 5 nitrogen and oxygen atoms in total. The second-order valence-corrected chi connectivity index (χ2v) is 6.67. The van der Waals surface area contributed by atoms with Crippen LogP contribution < -0.4 is 10.1 Å². The molecule has 0 fully saturated rings. The van der Waals surface area contributed by atoms with Crippen molar-refractivity contribution in [3.05, 3.63) is 45.8 Å². The topological polar surface area (TPSA) is 52.0 Å². The summed E-state index contributed by atoms with van der Waals surface area (Å²) in [4.78, 5) is 4.47. The van der Waals surface area contributed by atoms with Crippen molar-refractivity contribution in [2.75, 3.05) is 12.4 Å². The van der Waals surface area contributed by atoms with E-state index in [2.05, 4.69) is 64.0 Å². The van der Waals surface area contributed by atoms with Crippen LogP contribution in [0.25, 0.3) is 10.9 Å². The zero-order valence-corrected chi connectivity index (χ0v) is 15.5. The first-order valence-electron chi connectivity index (χ1n) is 7.49. The number of benzene rings is 1. The van der Waals surface area contributed by atoms with Gasteiger partial charge in [0.05, 0.1) is 24.6 Å². The molecule has 2 heterocycles. The van der Waals surface area contributed by atoms with Gasteiger partial charge in [-0.15, -0.1) is 0 Å². The molecule has 0 spiro atoms. The third kappa shape index (κ3) is 3.41. The maximum atomic E-state index is 5.21. The Morgan fingerprint density at radius 1 is 1.22 bits per heavy atom. The Kier molecular flexibility index (Phi) is 4.70. The Labute approximate surface area is 149 Å². The molecule has 1 aromatic carbocycles. The molecule has 120 valence electrons. The molecule has 0 aliphatic heterocycles. The van der Waals surface area contributed by atoms with Gasteiger partial charge in [0, 0.05) is 12.2 Å². The minimum Gasteiger partial charge on any atom is -0.497 e. The van der Waals surface area contributed by atoms with Crippen LogP contribution in [-0.2, 0) is 6.54 Å². The Bertz CT molecular complexity index is 811. The van der Waals surface area contributed by atoms with Gasteiger partial charge in [0.25, 0.3) is 0 Å². The zero-order valence-electron chi connectivity index (χ0n) is 13.4. The molecule has 3 aromatic rings. The number of halogens is 1. The molecule has 0 unspecified atom stereocenters. The average molecular weight is 422 g/mol. The van der Waals surface area contributed by atoms with Crippen LogP contribution in [0, 0.1) is 3.70 Å². The maximum absolute atomic E-state index is 5.21. The number of pyridine rings is 1. The van der Waals surface area contributed by atoms with E-state index in [1.54, 1.807) is 7.11 Å². The summed E-state index contributed by atoms with van der Waals surface area (Å²) >= 11 is 2.27. The quantitative estimate of drug-likeness (QED) is 0.634. The van der Waals surface area contributed by atoms with Crippen molar-refractivity contribution >= 4 is 39.3 Å². The number of hydrogen-bond acceptors (Lipinski definition) is 4. The molecule has 6 heteroatoms. The summed E-state index contributed by atoms with van der Waals surface area (Å²) in [5.41, 5.74) is 2.27. The Balaban J connectivity index is 1.98. The number of anilines is 1. The number of methoxy groups -OCH3 is 1. The third-order valence-corrected chi connectivity index (χ3v) is 4.29. The zero-order chi connectivity index (χ0) is 16.4. The van der Waals surface area contributed by atoms with Crippen LogP contribution in [0.5, 0.6) is 5.75 Å². The highest BCUT2D eigenvalue weighted by atomic mass is 127. The molecule has 0 saturated carbocycles. The van der Waals surface area contributed by atoms with Crippen LogP contribution in [0.4, 0.5) is 5.82 Å². The van der Waals surface area contributed by atoms with Gasteiger partial charge >= 0.3 is 0 Å². The van der Waals surface area contributed by atoms with Crippen LogP contribution in [-0.4, -0.2) is 27.9 Å². The van der Waals surface area contributed by atoms with Crippen molar-refractivity contribution in [1.82, 2.24) is 14.8 Å². The number of rotatable bonds is 5. The van der Waals surface area contributed by atoms with Crippen molar-refractivity contribution in [3.63, 3.8) is 0 Å². The fraction of sp³-hybridized carbons (Fsp3) is 0.294. The molecule has 3 rings (SSSR count). The molecule has 0 bridgehead atoms. The molecule has 0 aliphatic rings. The van der Waals surface area contributed by atoms with Gasteiger partial charge in [-0.3, -0.25) is 4.68 Å². The Hall–Kier alpha value is -1.83. The van der Waals surface area contributed by atoms with Crippen LogP contribution in [0.3, 0.4) is 0 Å². The van der Waals surface area contributed by atoms with Crippen molar-refractivity contribution in [2.24, 2.45) is 0 Å². The lowest BCUT2D eigenvalue weighted by atomic mass is 10.2. The number of aromatic nitrogens is 3. The standard InChI is InChI=1S/C17H19IN4O/c1-11(2)20-17-15-14(8-9-19-17)22(21-16(15)18)10-12-4-6-13(23-3)7-5-12/h4-9,11H,10H2,1-3H3,(H,19,20). The summed E-state index contributed by atoms with van der Waals surface area (Å²) in [5.74, 6) is 1.75. The van der Waals surface area contributed by atoms with E-state index in [-0.39, 0.29) is 0 Å². The molecular weight excluding hydrogens is 403 g/mol. The lowest BCUT2D eigenvalue weighted by Gasteiger charge is -2.10. The predicted molar refractivity (Wildman–Crippen MR) is 101 cm³/mol. The second-order valence-electron chi connectivity index (χ2n) is 5.65. The van der Waals surface area contributed by atoms with E-state index in [1.165, 1.54) is 5.56 Å². The first-order valence-corrected chi connectivity index (χ1v) is 8.57. The fourth-order valence-corrected chi connectivity index (χ4v) is 3.28. The molecule has 0 saturated heterocycles. The van der Waals surface area contributed by atoms with E-state index in [4.69, 9.17) is 4.74 Å². The lowest BCUT2D eigenvalue weighted by Crippen LogP contribution is -2.11. The first kappa shape index (κ1) is 16.0. The highest BCUT2D eigenvalue weighted by molar-refractivity contribution is 14.1. The van der Waals surface area contributed by atoms with Gasteiger partial charge in [-0.05, 0) is 60.2 Å². The van der Waals surface area contributed by atoms with Gasteiger partial charge in [-0.1, -0.05) is 12.1 Å². The second kappa shape index (κ2) is 6.74. The summed E-state index contributed by atoms with van der Waals surface area (Å²) in [5, 5.41) is 9.16. The van der Waals surface area contributed by atoms with E-state index < -0.39 is 0 Å². The number of nitrogens with one attached hydrogen (secondary N) is 1. The molecule has 0 radical (unpaired) electrons. The molecule has 0 aliphatic carbocycles. The van der Waals surface area contributed by atoms with Gasteiger partial charge < -0.3 is 10.1 Å². The van der Waals surface area contributed by atoms with E-state index >= 15 is 0 Å². The number of fused-ring (bicyclic) bond motifs is 1. The van der Waals surface area contributed by atoms with Crippen molar-refractivity contribution < 1.29 is 4.74 Å². The number of hydrogen-bond donors (Lipinski definition) is 1. The summed E-state index contributed by atoms with van der Waals surface area (Å²) in [6.45, 7) is 4.93. The minimum atomic E-state index is 0.328. The minimum absolute atomic E-state index is 0.328. The first-order chi connectivity index (χ1) is 11.1. The monoisotopic (exact) mass is 422 g/mol. The smallest absolute Gasteiger partial charge is 0.138 e. The summed E-state index contributed by atoms with van der Waals surface area (Å²) in [6.07, 6.45) is 1.83. The summed E-state index contributed by atoms with van der Waals surface area (Å²) in [6, 6.07) is 10.4. The molecule has 0 amide bonds. The maximum Gasteiger partial charge on any atom is 0.138 e. The number of nitrogens with zero attached hydrogens (tertiary/aromatic N) is 3. The van der Waals surface area contributed by atoms with Crippen molar-refractivity contribution in [2.45, 2.75) is 26.4 Å². The van der Waals surface area contributed by atoms with Crippen LogP contribution in [0.1, 0.15) is 19.4 Å².